The fraction of sp³-hybridized carbons (Fsp3) is 0.222. The Morgan fingerprint density at radius 1 is 0.960 bits per heavy atom. The van der Waals surface area contributed by atoms with Crippen LogP contribution in [0.25, 0.3) is 0 Å². The molecule has 0 radical (unpaired) electrons. The van der Waals surface area contributed by atoms with E-state index >= 15 is 0 Å². The number of nitrogens with two attached hydrogens (primary N) is 2. The van der Waals surface area contributed by atoms with Crippen LogP contribution in [-0.4, -0.2) is 22.7 Å². The van der Waals surface area contributed by atoms with Crippen LogP contribution in [0.3, 0.4) is 0 Å². The van der Waals surface area contributed by atoms with Gasteiger partial charge in [-0.2, -0.15) is 0 Å². The van der Waals surface area contributed by atoms with E-state index in [0.29, 0.717) is 11.1 Å². The number of nitrogens with one attached hydrogen (secondary N) is 1. The van der Waals surface area contributed by atoms with Crippen LogP contribution in [0.2, 0.25) is 0 Å². The highest BCUT2D eigenvalue weighted by atomic mass is 16.2. The molecule has 0 saturated heterocycles. The van der Waals surface area contributed by atoms with Crippen molar-refractivity contribution in [1.29, 1.82) is 0 Å². The van der Waals surface area contributed by atoms with Crippen LogP contribution in [-0.2, 0) is 9.59 Å². The molecule has 2 rings (SSSR count). The van der Waals surface area contributed by atoms with Crippen molar-refractivity contribution in [1.82, 2.24) is 10.3 Å². The van der Waals surface area contributed by atoms with Gasteiger partial charge in [0, 0.05) is 18.0 Å². The van der Waals surface area contributed by atoms with Crippen molar-refractivity contribution >= 4 is 17.7 Å². The van der Waals surface area contributed by atoms with E-state index in [1.807, 2.05) is 19.9 Å². The first kappa shape index (κ1) is 18.1. The standard InChI is InChI=1S/C18H20N4O3/c1-10-7-11(2)9-13(8-10)18(25)22-15(12-3-5-21-6-4-12)14(16(19)23)17(20)24/h3-9,14-15H,1-2H3,(H2,19,23)(H2,20,24)(H,22,25). The van der Waals surface area contributed by atoms with Crippen LogP contribution in [0.5, 0.6) is 0 Å². The Kier molecular flexibility index (Phi) is 5.49. The normalized spacial score (nSPS) is 11.8. The monoisotopic (exact) mass is 340 g/mol. The van der Waals surface area contributed by atoms with Gasteiger partial charge in [-0.1, -0.05) is 17.2 Å². The van der Waals surface area contributed by atoms with Gasteiger partial charge in [0.2, 0.25) is 11.8 Å². The molecule has 0 spiro atoms. The van der Waals surface area contributed by atoms with Crippen LogP contribution in [0.1, 0.15) is 33.1 Å². The quantitative estimate of drug-likeness (QED) is 0.670. The summed E-state index contributed by atoms with van der Waals surface area (Å²) in [6, 6.07) is 7.57. The summed E-state index contributed by atoms with van der Waals surface area (Å²) < 4.78 is 0. The number of hydrogen-bond donors (Lipinski definition) is 3. The molecule has 1 atom stereocenters. The van der Waals surface area contributed by atoms with Crippen molar-refractivity contribution in [3.8, 4) is 0 Å². The van der Waals surface area contributed by atoms with Gasteiger partial charge in [-0.25, -0.2) is 0 Å². The molecule has 0 fully saturated rings. The maximum absolute atomic E-state index is 12.7. The Labute approximate surface area is 145 Å². The third-order valence-electron chi connectivity index (χ3n) is 3.78. The Morgan fingerprint density at radius 3 is 1.96 bits per heavy atom. The molecule has 1 aromatic carbocycles. The van der Waals surface area contributed by atoms with E-state index in [2.05, 4.69) is 10.3 Å². The molecule has 1 heterocycles. The van der Waals surface area contributed by atoms with E-state index in [9.17, 15) is 14.4 Å². The lowest BCUT2D eigenvalue weighted by molar-refractivity contribution is -0.132. The summed E-state index contributed by atoms with van der Waals surface area (Å²) in [7, 11) is 0. The Morgan fingerprint density at radius 2 is 1.48 bits per heavy atom. The molecule has 2 aromatic rings. The average molecular weight is 340 g/mol. The number of primary amides is 2. The molecule has 0 aliphatic carbocycles. The van der Waals surface area contributed by atoms with E-state index in [1.54, 1.807) is 24.3 Å². The van der Waals surface area contributed by atoms with E-state index in [4.69, 9.17) is 11.5 Å². The van der Waals surface area contributed by atoms with Gasteiger partial charge in [-0.15, -0.1) is 0 Å². The fourth-order valence-corrected chi connectivity index (χ4v) is 2.73. The minimum Gasteiger partial charge on any atom is -0.369 e. The summed E-state index contributed by atoms with van der Waals surface area (Å²) in [5.41, 5.74) is 13.4. The lowest BCUT2D eigenvalue weighted by Gasteiger charge is -2.24. The van der Waals surface area contributed by atoms with Crippen LogP contribution >= 0.6 is 0 Å². The Bertz CT molecular complexity index is 771. The fourth-order valence-electron chi connectivity index (χ4n) is 2.73. The lowest BCUT2D eigenvalue weighted by Crippen LogP contribution is -2.45. The summed E-state index contributed by atoms with van der Waals surface area (Å²) in [5.74, 6) is -3.62. The van der Waals surface area contributed by atoms with E-state index in [-0.39, 0.29) is 0 Å². The van der Waals surface area contributed by atoms with Crippen LogP contribution < -0.4 is 16.8 Å². The third-order valence-corrected chi connectivity index (χ3v) is 3.78. The molecular weight excluding hydrogens is 320 g/mol. The van der Waals surface area contributed by atoms with Gasteiger partial charge in [0.05, 0.1) is 6.04 Å². The molecule has 5 N–H and O–H groups in total. The van der Waals surface area contributed by atoms with Crippen molar-refractivity contribution in [2.75, 3.05) is 0 Å². The highest BCUT2D eigenvalue weighted by Gasteiger charge is 2.34. The molecule has 1 unspecified atom stereocenters. The van der Waals surface area contributed by atoms with Gasteiger partial charge in [0.25, 0.3) is 5.91 Å². The Hall–Kier alpha value is -3.22. The first-order valence-electron chi connectivity index (χ1n) is 7.67. The minimum absolute atomic E-state index is 0.421. The predicted octanol–water partition coefficient (Wildman–Crippen LogP) is 0.756. The molecule has 7 heteroatoms. The molecule has 7 nitrogen and oxygen atoms in total. The van der Waals surface area contributed by atoms with Gasteiger partial charge in [-0.3, -0.25) is 19.4 Å². The summed E-state index contributed by atoms with van der Waals surface area (Å²) >= 11 is 0. The second-order valence-electron chi connectivity index (χ2n) is 5.89. The Balaban J connectivity index is 2.40. The van der Waals surface area contributed by atoms with E-state index in [1.165, 1.54) is 12.4 Å². The average Bonchev–Trinajstić information content (AvgIpc) is 2.53. The maximum atomic E-state index is 12.7. The highest BCUT2D eigenvalue weighted by molar-refractivity contribution is 6.01. The van der Waals surface area contributed by atoms with Crippen LogP contribution in [0.4, 0.5) is 0 Å². The number of aromatic nitrogens is 1. The number of benzene rings is 1. The summed E-state index contributed by atoms with van der Waals surface area (Å²) in [6.45, 7) is 3.75. The minimum atomic E-state index is -1.38. The number of carbonyl (C=O) groups is 3. The lowest BCUT2D eigenvalue weighted by atomic mass is 9.91. The van der Waals surface area contributed by atoms with Crippen molar-refractivity contribution < 1.29 is 14.4 Å². The van der Waals surface area contributed by atoms with Gasteiger partial charge in [0.1, 0.15) is 5.92 Å². The topological polar surface area (TPSA) is 128 Å². The molecule has 0 aliphatic rings. The third kappa shape index (κ3) is 4.41. The molecule has 1 aromatic heterocycles. The molecule has 25 heavy (non-hydrogen) atoms. The maximum Gasteiger partial charge on any atom is 0.251 e. The number of pyridine rings is 1. The molecule has 0 aliphatic heterocycles. The zero-order valence-corrected chi connectivity index (χ0v) is 14.0. The van der Waals surface area contributed by atoms with Crippen LogP contribution in [0, 0.1) is 19.8 Å². The van der Waals surface area contributed by atoms with Crippen molar-refractivity contribution in [3.05, 3.63) is 65.0 Å². The number of rotatable bonds is 6. The molecule has 0 bridgehead atoms. The summed E-state index contributed by atoms with van der Waals surface area (Å²) in [6.07, 6.45) is 2.98. The van der Waals surface area contributed by atoms with Crippen molar-refractivity contribution in [2.45, 2.75) is 19.9 Å². The molecule has 130 valence electrons. The summed E-state index contributed by atoms with van der Waals surface area (Å²) in [4.78, 5) is 40.0. The molecule has 3 amide bonds. The highest BCUT2D eigenvalue weighted by Crippen LogP contribution is 2.22. The number of amides is 3. The second kappa shape index (κ2) is 7.57. The molecule has 0 saturated carbocycles. The van der Waals surface area contributed by atoms with Crippen LogP contribution in [0.15, 0.2) is 42.7 Å². The zero-order valence-electron chi connectivity index (χ0n) is 14.0. The second-order valence-corrected chi connectivity index (χ2v) is 5.89. The first-order chi connectivity index (χ1) is 11.8. The first-order valence-corrected chi connectivity index (χ1v) is 7.67. The van der Waals surface area contributed by atoms with Gasteiger partial charge in [0.15, 0.2) is 0 Å². The van der Waals surface area contributed by atoms with Crippen molar-refractivity contribution in [2.24, 2.45) is 17.4 Å². The van der Waals surface area contributed by atoms with Gasteiger partial charge in [-0.05, 0) is 43.7 Å². The van der Waals surface area contributed by atoms with E-state index < -0.39 is 29.7 Å². The zero-order chi connectivity index (χ0) is 18.6. The van der Waals surface area contributed by atoms with Crippen molar-refractivity contribution in [3.63, 3.8) is 0 Å². The number of hydrogen-bond acceptors (Lipinski definition) is 4. The van der Waals surface area contributed by atoms with Gasteiger partial charge >= 0.3 is 0 Å². The van der Waals surface area contributed by atoms with E-state index in [0.717, 1.165) is 11.1 Å². The van der Waals surface area contributed by atoms with Gasteiger partial charge < -0.3 is 16.8 Å². The largest absolute Gasteiger partial charge is 0.369 e. The predicted molar refractivity (Wildman–Crippen MR) is 92.2 cm³/mol. The SMILES string of the molecule is Cc1cc(C)cc(C(=O)NC(c2ccncc2)C(C(N)=O)C(N)=O)c1. The molecular formula is C18H20N4O3. The smallest absolute Gasteiger partial charge is 0.251 e. The number of carbonyl (C=O) groups excluding carboxylic acids is 3. The number of aryl methyl sites for hydroxylation is 2. The number of nitrogens with zero attached hydrogens (tertiary/aromatic N) is 1. The summed E-state index contributed by atoms with van der Waals surface area (Å²) in [5, 5.41) is 2.70.